The van der Waals surface area contributed by atoms with Gasteiger partial charge in [-0.15, -0.1) is 11.3 Å². The number of fused-ring (bicyclic) bond motifs is 1. The first-order valence-electron chi connectivity index (χ1n) is 5.54. The maximum absolute atomic E-state index is 11.0. The van der Waals surface area contributed by atoms with Crippen LogP contribution in [0.25, 0.3) is 10.2 Å². The van der Waals surface area contributed by atoms with Crippen LogP contribution in [0.4, 0.5) is 5.69 Å². The molecule has 0 bridgehead atoms. The fraction of sp³-hybridized carbons (Fsp3) is 0.333. The number of nitrogens with zero attached hydrogens (tertiary/aromatic N) is 1. The molecule has 0 atom stereocenters. The molecule has 4 nitrogen and oxygen atoms in total. The normalized spacial score (nSPS) is 15.1. The van der Waals surface area contributed by atoms with Crippen LogP contribution in [0.3, 0.4) is 0 Å². The van der Waals surface area contributed by atoms with Gasteiger partial charge in [-0.25, -0.2) is 9.78 Å². The predicted octanol–water partition coefficient (Wildman–Crippen LogP) is 2.91. The third-order valence-electron chi connectivity index (χ3n) is 2.95. The second kappa shape index (κ2) is 3.70. The Bertz CT molecular complexity index is 602. The van der Waals surface area contributed by atoms with Crippen molar-refractivity contribution in [2.24, 2.45) is 0 Å². The van der Waals surface area contributed by atoms with Gasteiger partial charge < -0.3 is 10.4 Å². The Morgan fingerprint density at radius 3 is 2.88 bits per heavy atom. The summed E-state index contributed by atoms with van der Waals surface area (Å²) in [7, 11) is 1.79. The SMILES string of the molecule is CNc1cc(C(=O)O)cc2sc(C3CC3)nc12. The zero-order chi connectivity index (χ0) is 12.0. The summed E-state index contributed by atoms with van der Waals surface area (Å²) in [6.07, 6.45) is 2.42. The van der Waals surface area contributed by atoms with Gasteiger partial charge in [-0.2, -0.15) is 0 Å². The van der Waals surface area contributed by atoms with Crippen LogP contribution in [0.15, 0.2) is 12.1 Å². The summed E-state index contributed by atoms with van der Waals surface area (Å²) in [6.45, 7) is 0. The first kappa shape index (κ1) is 10.5. The number of carbonyl (C=O) groups is 1. The van der Waals surface area contributed by atoms with Crippen molar-refractivity contribution in [2.75, 3.05) is 12.4 Å². The van der Waals surface area contributed by atoms with E-state index in [1.165, 1.54) is 12.8 Å². The number of aromatic nitrogens is 1. The molecule has 2 N–H and O–H groups in total. The number of thiazole rings is 1. The van der Waals surface area contributed by atoms with Crippen molar-refractivity contribution >= 4 is 33.2 Å². The van der Waals surface area contributed by atoms with Crippen molar-refractivity contribution in [1.29, 1.82) is 0 Å². The van der Waals surface area contributed by atoms with Crippen LogP contribution < -0.4 is 5.32 Å². The van der Waals surface area contributed by atoms with Crippen LogP contribution in [0.1, 0.15) is 34.1 Å². The van der Waals surface area contributed by atoms with E-state index in [0.29, 0.717) is 11.5 Å². The molecule has 0 radical (unpaired) electrons. The van der Waals surface area contributed by atoms with Crippen molar-refractivity contribution in [3.05, 3.63) is 22.7 Å². The van der Waals surface area contributed by atoms with Gasteiger partial charge in [0.2, 0.25) is 0 Å². The van der Waals surface area contributed by atoms with Crippen LogP contribution in [-0.4, -0.2) is 23.1 Å². The molecule has 2 aromatic rings. The minimum atomic E-state index is -0.898. The molecule has 0 spiro atoms. The molecule has 1 heterocycles. The smallest absolute Gasteiger partial charge is 0.335 e. The van der Waals surface area contributed by atoms with Gasteiger partial charge in [0, 0.05) is 13.0 Å². The van der Waals surface area contributed by atoms with Gasteiger partial charge in [0.1, 0.15) is 5.52 Å². The Morgan fingerprint density at radius 1 is 1.53 bits per heavy atom. The zero-order valence-corrected chi connectivity index (χ0v) is 10.2. The molecule has 0 saturated heterocycles. The van der Waals surface area contributed by atoms with Gasteiger partial charge in [0.25, 0.3) is 0 Å². The van der Waals surface area contributed by atoms with Crippen molar-refractivity contribution in [1.82, 2.24) is 4.98 Å². The Balaban J connectivity index is 2.21. The Morgan fingerprint density at radius 2 is 2.29 bits per heavy atom. The topological polar surface area (TPSA) is 62.2 Å². The highest BCUT2D eigenvalue weighted by atomic mass is 32.1. The Kier molecular flexibility index (Phi) is 2.29. The quantitative estimate of drug-likeness (QED) is 0.876. The third-order valence-corrected chi connectivity index (χ3v) is 4.12. The monoisotopic (exact) mass is 248 g/mol. The fourth-order valence-electron chi connectivity index (χ4n) is 1.87. The summed E-state index contributed by atoms with van der Waals surface area (Å²) in [5, 5.41) is 13.2. The highest BCUT2D eigenvalue weighted by Crippen LogP contribution is 2.44. The molecule has 5 heteroatoms. The van der Waals surface area contributed by atoms with Gasteiger partial charge in [-0.05, 0) is 25.0 Å². The lowest BCUT2D eigenvalue weighted by molar-refractivity contribution is 0.0697. The van der Waals surface area contributed by atoms with E-state index in [1.54, 1.807) is 30.5 Å². The first-order chi connectivity index (χ1) is 8.19. The van der Waals surface area contributed by atoms with E-state index in [4.69, 9.17) is 5.11 Å². The van der Waals surface area contributed by atoms with Crippen molar-refractivity contribution in [3.63, 3.8) is 0 Å². The lowest BCUT2D eigenvalue weighted by atomic mass is 10.2. The van der Waals surface area contributed by atoms with Crippen molar-refractivity contribution in [3.8, 4) is 0 Å². The molecule has 0 unspecified atom stereocenters. The third kappa shape index (κ3) is 1.76. The lowest BCUT2D eigenvalue weighted by Crippen LogP contribution is -1.98. The van der Waals surface area contributed by atoms with Gasteiger partial charge in [0.15, 0.2) is 0 Å². The largest absolute Gasteiger partial charge is 0.478 e. The number of rotatable bonds is 3. The second-order valence-corrected chi connectivity index (χ2v) is 5.31. The van der Waals surface area contributed by atoms with Gasteiger partial charge in [-0.3, -0.25) is 0 Å². The van der Waals surface area contributed by atoms with E-state index in [-0.39, 0.29) is 0 Å². The summed E-state index contributed by atoms with van der Waals surface area (Å²) < 4.78 is 0.955. The highest BCUT2D eigenvalue weighted by molar-refractivity contribution is 7.18. The van der Waals surface area contributed by atoms with Gasteiger partial charge >= 0.3 is 5.97 Å². The minimum absolute atomic E-state index is 0.313. The molecule has 17 heavy (non-hydrogen) atoms. The van der Waals surface area contributed by atoms with Gasteiger partial charge in [-0.1, -0.05) is 0 Å². The standard InChI is InChI=1S/C12H12N2O2S/c1-13-8-4-7(12(15)16)5-9-10(8)14-11(17-9)6-2-3-6/h4-6,13H,2-3H2,1H3,(H,15,16). The van der Waals surface area contributed by atoms with E-state index in [0.717, 1.165) is 20.9 Å². The average Bonchev–Trinajstić information content (AvgIpc) is 3.07. The van der Waals surface area contributed by atoms with E-state index in [2.05, 4.69) is 10.3 Å². The minimum Gasteiger partial charge on any atom is -0.478 e. The summed E-state index contributed by atoms with van der Waals surface area (Å²) in [5.41, 5.74) is 2.00. The highest BCUT2D eigenvalue weighted by Gasteiger charge is 2.27. The molecular formula is C12H12N2O2S. The van der Waals surface area contributed by atoms with E-state index < -0.39 is 5.97 Å². The first-order valence-corrected chi connectivity index (χ1v) is 6.36. The number of anilines is 1. The van der Waals surface area contributed by atoms with Crippen LogP contribution in [-0.2, 0) is 0 Å². The summed E-state index contributed by atoms with van der Waals surface area (Å²) in [4.78, 5) is 15.6. The molecule has 1 aliphatic rings. The molecule has 1 aromatic heterocycles. The molecule has 1 aliphatic carbocycles. The van der Waals surface area contributed by atoms with Crippen LogP contribution in [0.2, 0.25) is 0 Å². The molecule has 3 rings (SSSR count). The lowest BCUT2D eigenvalue weighted by Gasteiger charge is -2.02. The number of carboxylic acids is 1. The van der Waals surface area contributed by atoms with Crippen LogP contribution in [0, 0.1) is 0 Å². The average molecular weight is 248 g/mol. The molecular weight excluding hydrogens is 236 g/mol. The van der Waals surface area contributed by atoms with E-state index >= 15 is 0 Å². The number of hydrogen-bond donors (Lipinski definition) is 2. The number of aromatic carboxylic acids is 1. The Hall–Kier alpha value is -1.62. The maximum atomic E-state index is 11.0. The van der Waals surface area contributed by atoms with E-state index in [9.17, 15) is 4.79 Å². The molecule has 1 fully saturated rings. The zero-order valence-electron chi connectivity index (χ0n) is 9.36. The summed E-state index contributed by atoms with van der Waals surface area (Å²) in [5.74, 6) is -0.296. The summed E-state index contributed by atoms with van der Waals surface area (Å²) >= 11 is 1.61. The number of hydrogen-bond acceptors (Lipinski definition) is 4. The fourth-order valence-corrected chi connectivity index (χ4v) is 3.07. The number of carboxylic acid groups (broad SMARTS) is 1. The molecule has 0 aliphatic heterocycles. The van der Waals surface area contributed by atoms with Crippen LogP contribution in [0.5, 0.6) is 0 Å². The van der Waals surface area contributed by atoms with Crippen LogP contribution >= 0.6 is 11.3 Å². The predicted molar refractivity (Wildman–Crippen MR) is 68.1 cm³/mol. The summed E-state index contributed by atoms with van der Waals surface area (Å²) in [6, 6.07) is 3.35. The maximum Gasteiger partial charge on any atom is 0.335 e. The number of benzene rings is 1. The van der Waals surface area contributed by atoms with Gasteiger partial charge in [0.05, 0.1) is 21.0 Å². The molecule has 88 valence electrons. The molecule has 0 amide bonds. The van der Waals surface area contributed by atoms with E-state index in [1.807, 2.05) is 0 Å². The Labute approximate surface area is 102 Å². The second-order valence-electron chi connectivity index (χ2n) is 4.25. The van der Waals surface area contributed by atoms with Crippen molar-refractivity contribution in [2.45, 2.75) is 18.8 Å². The van der Waals surface area contributed by atoms with Crippen molar-refractivity contribution < 1.29 is 9.90 Å². The number of nitrogens with one attached hydrogen (secondary N) is 1. The molecule has 1 saturated carbocycles. The molecule has 1 aromatic carbocycles.